The Morgan fingerprint density at radius 1 is 1.33 bits per heavy atom. The standard InChI is InChI=1S/C18H27FN2/c1-4-16-11-20-9-5-6-17(20)12-21(16)14(3)15-8-7-13(2)18(19)10-15/h7-8,10,14,16-17H,4-6,9,11-12H2,1-3H3. The van der Waals surface area contributed by atoms with Gasteiger partial charge in [0, 0.05) is 31.2 Å². The molecule has 2 nitrogen and oxygen atoms in total. The van der Waals surface area contributed by atoms with Crippen molar-refractivity contribution in [1.29, 1.82) is 0 Å². The van der Waals surface area contributed by atoms with Gasteiger partial charge in [-0.25, -0.2) is 4.39 Å². The van der Waals surface area contributed by atoms with Crippen molar-refractivity contribution in [3.05, 3.63) is 35.1 Å². The van der Waals surface area contributed by atoms with Crippen LogP contribution in [0, 0.1) is 12.7 Å². The molecule has 0 spiro atoms. The molecule has 0 radical (unpaired) electrons. The number of benzene rings is 1. The number of nitrogens with zero attached hydrogens (tertiary/aromatic N) is 2. The van der Waals surface area contributed by atoms with E-state index in [2.05, 4.69) is 29.7 Å². The summed E-state index contributed by atoms with van der Waals surface area (Å²) in [6, 6.07) is 7.34. The minimum Gasteiger partial charge on any atom is -0.298 e. The first-order valence-electron chi connectivity index (χ1n) is 8.36. The Bertz CT molecular complexity index is 502. The lowest BCUT2D eigenvalue weighted by molar-refractivity contribution is 0.0226. The van der Waals surface area contributed by atoms with Crippen LogP contribution in [0.25, 0.3) is 0 Å². The van der Waals surface area contributed by atoms with Gasteiger partial charge >= 0.3 is 0 Å². The van der Waals surface area contributed by atoms with Crippen LogP contribution in [-0.4, -0.2) is 41.5 Å². The van der Waals surface area contributed by atoms with Crippen molar-refractivity contribution >= 4 is 0 Å². The number of halogens is 1. The van der Waals surface area contributed by atoms with Crippen LogP contribution in [0.15, 0.2) is 18.2 Å². The summed E-state index contributed by atoms with van der Waals surface area (Å²) in [5, 5.41) is 0. The van der Waals surface area contributed by atoms with Gasteiger partial charge in [-0.2, -0.15) is 0 Å². The maximum atomic E-state index is 13.9. The lowest BCUT2D eigenvalue weighted by atomic mass is 9.98. The topological polar surface area (TPSA) is 6.48 Å². The van der Waals surface area contributed by atoms with Gasteiger partial charge < -0.3 is 0 Å². The molecule has 1 aromatic rings. The van der Waals surface area contributed by atoms with Crippen molar-refractivity contribution < 1.29 is 4.39 Å². The van der Waals surface area contributed by atoms with Gasteiger partial charge in [-0.15, -0.1) is 0 Å². The molecule has 0 bridgehead atoms. The summed E-state index contributed by atoms with van der Waals surface area (Å²) in [4.78, 5) is 5.27. The largest absolute Gasteiger partial charge is 0.298 e. The minimum absolute atomic E-state index is 0.0769. The Hall–Kier alpha value is -0.930. The molecule has 2 aliphatic rings. The Morgan fingerprint density at radius 2 is 2.14 bits per heavy atom. The third-order valence-electron chi connectivity index (χ3n) is 5.48. The van der Waals surface area contributed by atoms with E-state index < -0.39 is 0 Å². The summed E-state index contributed by atoms with van der Waals surface area (Å²) in [6.45, 7) is 9.92. The smallest absolute Gasteiger partial charge is 0.126 e. The SMILES string of the molecule is CCC1CN2CCCC2CN1C(C)c1ccc(C)c(F)c1. The van der Waals surface area contributed by atoms with Crippen LogP contribution < -0.4 is 0 Å². The van der Waals surface area contributed by atoms with Crippen LogP contribution in [0.4, 0.5) is 4.39 Å². The molecule has 116 valence electrons. The van der Waals surface area contributed by atoms with Gasteiger partial charge in [-0.1, -0.05) is 19.1 Å². The molecule has 3 atom stereocenters. The Morgan fingerprint density at radius 3 is 2.86 bits per heavy atom. The van der Waals surface area contributed by atoms with E-state index in [0.29, 0.717) is 18.1 Å². The highest BCUT2D eigenvalue weighted by molar-refractivity contribution is 5.26. The van der Waals surface area contributed by atoms with Crippen molar-refractivity contribution in [2.75, 3.05) is 19.6 Å². The van der Waals surface area contributed by atoms with Gasteiger partial charge in [0.05, 0.1) is 0 Å². The predicted molar refractivity (Wildman–Crippen MR) is 84.9 cm³/mol. The van der Waals surface area contributed by atoms with Gasteiger partial charge in [0.1, 0.15) is 5.82 Å². The molecule has 2 saturated heterocycles. The highest BCUT2D eigenvalue weighted by Crippen LogP contribution is 2.32. The van der Waals surface area contributed by atoms with Crippen LogP contribution in [-0.2, 0) is 0 Å². The van der Waals surface area contributed by atoms with Crippen molar-refractivity contribution in [3.63, 3.8) is 0 Å². The number of aryl methyl sites for hydroxylation is 1. The van der Waals surface area contributed by atoms with Crippen molar-refractivity contribution in [2.24, 2.45) is 0 Å². The first kappa shape index (κ1) is 15.0. The molecule has 0 amide bonds. The predicted octanol–water partition coefficient (Wildman–Crippen LogP) is 3.75. The van der Waals surface area contributed by atoms with Gasteiger partial charge in [-0.3, -0.25) is 9.80 Å². The zero-order valence-corrected chi connectivity index (χ0v) is 13.5. The molecular weight excluding hydrogens is 263 g/mol. The van der Waals surface area contributed by atoms with Crippen LogP contribution in [0.2, 0.25) is 0 Å². The molecule has 1 aromatic carbocycles. The molecule has 0 N–H and O–H groups in total. The average molecular weight is 290 g/mol. The molecule has 0 saturated carbocycles. The monoisotopic (exact) mass is 290 g/mol. The highest BCUT2D eigenvalue weighted by atomic mass is 19.1. The quantitative estimate of drug-likeness (QED) is 0.836. The lowest BCUT2D eigenvalue weighted by Gasteiger charge is -2.46. The Labute approximate surface area is 127 Å². The fourth-order valence-corrected chi connectivity index (χ4v) is 4.01. The van der Waals surface area contributed by atoms with Gasteiger partial charge in [0.2, 0.25) is 0 Å². The maximum Gasteiger partial charge on any atom is 0.126 e. The summed E-state index contributed by atoms with van der Waals surface area (Å²) in [5.41, 5.74) is 1.85. The van der Waals surface area contributed by atoms with Crippen LogP contribution in [0.3, 0.4) is 0 Å². The molecule has 3 heteroatoms. The zero-order chi connectivity index (χ0) is 15.0. The summed E-state index contributed by atoms with van der Waals surface area (Å²) in [7, 11) is 0. The molecule has 3 unspecified atom stereocenters. The second kappa shape index (κ2) is 6.05. The second-order valence-corrected chi connectivity index (χ2v) is 6.73. The summed E-state index contributed by atoms with van der Waals surface area (Å²) < 4.78 is 13.9. The van der Waals surface area contributed by atoms with Crippen LogP contribution >= 0.6 is 0 Å². The second-order valence-electron chi connectivity index (χ2n) is 6.73. The van der Waals surface area contributed by atoms with Gasteiger partial charge in [0.25, 0.3) is 0 Å². The molecule has 3 rings (SSSR count). The third-order valence-corrected chi connectivity index (χ3v) is 5.48. The van der Waals surface area contributed by atoms with E-state index in [1.165, 1.54) is 32.4 Å². The molecular formula is C18H27FN2. The van der Waals surface area contributed by atoms with E-state index in [4.69, 9.17) is 0 Å². The number of hydrogen-bond acceptors (Lipinski definition) is 2. The summed E-state index contributed by atoms with van der Waals surface area (Å²) in [5.74, 6) is -0.0769. The molecule has 21 heavy (non-hydrogen) atoms. The first-order chi connectivity index (χ1) is 10.1. The lowest BCUT2D eigenvalue weighted by Crippen LogP contribution is -2.56. The van der Waals surface area contributed by atoms with Gasteiger partial charge in [-0.05, 0) is 56.8 Å². The molecule has 0 aromatic heterocycles. The van der Waals surface area contributed by atoms with E-state index in [-0.39, 0.29) is 5.82 Å². The van der Waals surface area contributed by atoms with Crippen LogP contribution in [0.1, 0.15) is 50.3 Å². The normalized spacial score (nSPS) is 28.6. The maximum absolute atomic E-state index is 13.9. The first-order valence-corrected chi connectivity index (χ1v) is 8.36. The number of rotatable bonds is 3. The number of fused-ring (bicyclic) bond motifs is 1. The van der Waals surface area contributed by atoms with Gasteiger partial charge in [0.15, 0.2) is 0 Å². The van der Waals surface area contributed by atoms with E-state index in [0.717, 1.165) is 17.7 Å². The molecule has 2 aliphatic heterocycles. The van der Waals surface area contributed by atoms with Crippen molar-refractivity contribution in [3.8, 4) is 0 Å². The van der Waals surface area contributed by atoms with E-state index in [9.17, 15) is 4.39 Å². The van der Waals surface area contributed by atoms with Crippen LogP contribution in [0.5, 0.6) is 0 Å². The summed E-state index contributed by atoms with van der Waals surface area (Å²) in [6.07, 6.45) is 3.83. The minimum atomic E-state index is -0.0769. The third kappa shape index (κ3) is 2.86. The van der Waals surface area contributed by atoms with Crippen molar-refractivity contribution in [1.82, 2.24) is 9.80 Å². The fourth-order valence-electron chi connectivity index (χ4n) is 4.01. The number of piperazine rings is 1. The summed E-state index contributed by atoms with van der Waals surface area (Å²) >= 11 is 0. The fraction of sp³-hybridized carbons (Fsp3) is 0.667. The van der Waals surface area contributed by atoms with E-state index >= 15 is 0 Å². The number of hydrogen-bond donors (Lipinski definition) is 0. The Balaban J connectivity index is 1.81. The Kier molecular flexibility index (Phi) is 4.32. The van der Waals surface area contributed by atoms with Crippen molar-refractivity contribution in [2.45, 2.75) is 58.2 Å². The molecule has 0 aliphatic carbocycles. The zero-order valence-electron chi connectivity index (χ0n) is 13.5. The molecule has 2 fully saturated rings. The molecule has 2 heterocycles. The average Bonchev–Trinajstić information content (AvgIpc) is 2.95. The van der Waals surface area contributed by atoms with E-state index in [1.807, 2.05) is 13.0 Å². The highest BCUT2D eigenvalue weighted by Gasteiger charge is 2.37. The van der Waals surface area contributed by atoms with E-state index in [1.54, 1.807) is 6.07 Å².